The van der Waals surface area contributed by atoms with Gasteiger partial charge in [0.05, 0.1) is 5.56 Å². The molecule has 1 aromatic rings. The lowest BCUT2D eigenvalue weighted by atomic mass is 10.2. The Morgan fingerprint density at radius 1 is 1.28 bits per heavy atom. The Balaban J connectivity index is 2.79. The quantitative estimate of drug-likeness (QED) is 0.197. The van der Waals surface area contributed by atoms with Crippen LogP contribution in [0.5, 0.6) is 0 Å². The number of nitrogens with zero attached hydrogens (tertiary/aromatic N) is 2. The molecule has 174 valence electrons. The number of aromatic nitrogens is 2. The molecular weight excluding hydrogens is 432 g/mol. The monoisotopic (exact) mass is 462 g/mol. The van der Waals surface area contributed by atoms with Gasteiger partial charge in [0.1, 0.15) is 12.4 Å². The number of hydrogen-bond acceptors (Lipinski definition) is 7. The Labute approximate surface area is 195 Å². The molecule has 2 N–H and O–H groups in total. The van der Waals surface area contributed by atoms with Crippen LogP contribution in [-0.2, 0) is 14.2 Å². The molecule has 0 spiro atoms. The second-order valence-corrected chi connectivity index (χ2v) is 6.64. The van der Waals surface area contributed by atoms with Crippen molar-refractivity contribution in [2.45, 2.75) is 39.5 Å². The van der Waals surface area contributed by atoms with Crippen LogP contribution in [0.4, 0.5) is 10.6 Å². The minimum Gasteiger partial charge on any atom is -0.445 e. The van der Waals surface area contributed by atoms with Crippen LogP contribution < -0.4 is 10.6 Å². The molecule has 1 aromatic heterocycles. The summed E-state index contributed by atoms with van der Waals surface area (Å²) in [5.41, 5.74) is 1.28. The van der Waals surface area contributed by atoms with Crippen molar-refractivity contribution in [3.05, 3.63) is 54.0 Å². The first-order valence-electron chi connectivity index (χ1n) is 10.4. The number of nitrogens with one attached hydrogen (secondary N) is 2. The number of anilines is 1. The highest BCUT2D eigenvalue weighted by atomic mass is 35.5. The van der Waals surface area contributed by atoms with Crippen molar-refractivity contribution in [2.75, 3.05) is 31.7 Å². The zero-order valence-electron chi connectivity index (χ0n) is 18.8. The van der Waals surface area contributed by atoms with Crippen LogP contribution >= 0.6 is 11.6 Å². The largest absolute Gasteiger partial charge is 0.445 e. The summed E-state index contributed by atoms with van der Waals surface area (Å²) in [7, 11) is 0. The van der Waals surface area contributed by atoms with Gasteiger partial charge in [-0.2, -0.15) is 4.98 Å². The molecule has 0 aliphatic rings. The molecular formula is C23H31ClN4O4. The molecule has 0 radical (unpaired) electrons. The van der Waals surface area contributed by atoms with E-state index in [2.05, 4.69) is 45.6 Å². The second-order valence-electron chi connectivity index (χ2n) is 6.30. The average Bonchev–Trinajstić information content (AvgIpc) is 2.78. The van der Waals surface area contributed by atoms with Crippen LogP contribution in [0.1, 0.15) is 32.8 Å². The Morgan fingerprint density at radius 2 is 2.00 bits per heavy atom. The summed E-state index contributed by atoms with van der Waals surface area (Å²) in [6, 6.07) is -0.216. The fourth-order valence-electron chi connectivity index (χ4n) is 2.36. The molecule has 0 aliphatic heterocycles. The molecule has 9 heteroatoms. The highest BCUT2D eigenvalue weighted by molar-refractivity contribution is 6.28. The molecule has 32 heavy (non-hydrogen) atoms. The number of hydrogen-bond donors (Lipinski definition) is 2. The number of rotatable bonds is 13. The smallest absolute Gasteiger partial charge is 0.407 e. The van der Waals surface area contributed by atoms with E-state index in [0.717, 1.165) is 5.57 Å². The number of amides is 1. The van der Waals surface area contributed by atoms with Crippen LogP contribution in [-0.4, -0.2) is 54.8 Å². The number of ether oxygens (including phenoxy) is 3. The van der Waals surface area contributed by atoms with Gasteiger partial charge < -0.3 is 24.8 Å². The number of carbonyl (C=O) groups excluding carboxylic acids is 1. The van der Waals surface area contributed by atoms with E-state index in [1.54, 1.807) is 18.2 Å². The fraction of sp³-hybridized carbons (Fsp3) is 0.435. The average molecular weight is 463 g/mol. The van der Waals surface area contributed by atoms with Crippen LogP contribution in [0.15, 0.2) is 43.2 Å². The Hall–Kier alpha value is -2.86. The van der Waals surface area contributed by atoms with Gasteiger partial charge in [-0.25, -0.2) is 9.78 Å². The number of carbonyl (C=O) groups is 1. The summed E-state index contributed by atoms with van der Waals surface area (Å²) in [5.74, 6) is 6.31. The van der Waals surface area contributed by atoms with Gasteiger partial charge in [0.15, 0.2) is 0 Å². The van der Waals surface area contributed by atoms with E-state index in [-0.39, 0.29) is 17.9 Å². The summed E-state index contributed by atoms with van der Waals surface area (Å²) < 4.78 is 16.1. The third kappa shape index (κ3) is 10.4. The van der Waals surface area contributed by atoms with Crippen molar-refractivity contribution < 1.29 is 19.0 Å². The lowest BCUT2D eigenvalue weighted by Gasteiger charge is -2.18. The predicted octanol–water partition coefficient (Wildman–Crippen LogP) is 4.10. The Bertz CT molecular complexity index is 842. The van der Waals surface area contributed by atoms with Crippen molar-refractivity contribution in [1.29, 1.82) is 0 Å². The summed E-state index contributed by atoms with van der Waals surface area (Å²) in [5, 5.41) is 6.06. The summed E-state index contributed by atoms with van der Waals surface area (Å²) in [6.07, 6.45) is 5.94. The zero-order valence-corrected chi connectivity index (χ0v) is 19.6. The zero-order chi connectivity index (χ0) is 23.8. The maximum Gasteiger partial charge on any atom is 0.407 e. The normalized spacial score (nSPS) is 11.8. The van der Waals surface area contributed by atoms with E-state index in [9.17, 15) is 4.79 Å². The van der Waals surface area contributed by atoms with Gasteiger partial charge in [0.2, 0.25) is 11.6 Å². The van der Waals surface area contributed by atoms with E-state index >= 15 is 0 Å². The summed E-state index contributed by atoms with van der Waals surface area (Å²) in [6.45, 7) is 14.4. The van der Waals surface area contributed by atoms with E-state index < -0.39 is 12.4 Å². The van der Waals surface area contributed by atoms with Gasteiger partial charge >= 0.3 is 6.09 Å². The molecule has 0 aromatic carbocycles. The van der Waals surface area contributed by atoms with E-state index in [0.29, 0.717) is 37.6 Å². The molecule has 8 nitrogen and oxygen atoms in total. The third-order valence-corrected chi connectivity index (χ3v) is 4.20. The van der Waals surface area contributed by atoms with Crippen molar-refractivity contribution in [1.82, 2.24) is 15.3 Å². The minimum absolute atomic E-state index is 0.0793. The Kier molecular flexibility index (Phi) is 13.5. The predicted molar refractivity (Wildman–Crippen MR) is 126 cm³/mol. The fourth-order valence-corrected chi connectivity index (χ4v) is 2.49. The molecule has 1 unspecified atom stereocenters. The van der Waals surface area contributed by atoms with Crippen molar-refractivity contribution in [3.8, 4) is 11.8 Å². The van der Waals surface area contributed by atoms with Gasteiger partial charge in [0, 0.05) is 32.0 Å². The highest BCUT2D eigenvalue weighted by Gasteiger charge is 2.13. The summed E-state index contributed by atoms with van der Waals surface area (Å²) >= 11 is 5.95. The van der Waals surface area contributed by atoms with E-state index in [1.807, 2.05) is 20.8 Å². The van der Waals surface area contributed by atoms with E-state index in [4.69, 9.17) is 25.8 Å². The SMILES string of the molecule is C=C/C=C(\C=C)COC(=O)NC(CC)CNc1nc(Cl)ncc1C#CC(OCC)OCC. The van der Waals surface area contributed by atoms with Crippen molar-refractivity contribution >= 4 is 23.5 Å². The van der Waals surface area contributed by atoms with Gasteiger partial charge in [-0.05, 0) is 43.4 Å². The number of halogens is 1. The number of allylic oxidation sites excluding steroid dienone is 2. The van der Waals surface area contributed by atoms with Crippen LogP contribution in [0.3, 0.4) is 0 Å². The van der Waals surface area contributed by atoms with Gasteiger partial charge in [0.25, 0.3) is 0 Å². The third-order valence-electron chi connectivity index (χ3n) is 4.01. The topological polar surface area (TPSA) is 94.6 Å². The first-order chi connectivity index (χ1) is 15.5. The first-order valence-corrected chi connectivity index (χ1v) is 10.7. The second kappa shape index (κ2) is 15.9. The van der Waals surface area contributed by atoms with Gasteiger partial charge in [-0.1, -0.05) is 44.2 Å². The molecule has 1 amide bonds. The van der Waals surface area contributed by atoms with Crippen LogP contribution in [0, 0.1) is 11.8 Å². The van der Waals surface area contributed by atoms with Crippen LogP contribution in [0.2, 0.25) is 5.28 Å². The standard InChI is InChI=1S/C23H31ClN4O4/c1-6-11-17(7-2)16-32-23(29)27-19(8-3)15-25-21-18(14-26-22(24)28-21)12-13-20(30-9-4)31-10-5/h6-7,11,14,19-20H,1-2,8-10,15-16H2,3-5H3,(H,27,29)(H,25,26,28)/b17-11+. The van der Waals surface area contributed by atoms with E-state index in [1.165, 1.54) is 6.20 Å². The molecule has 1 rings (SSSR count). The molecule has 0 saturated heterocycles. The molecule has 1 heterocycles. The lowest BCUT2D eigenvalue weighted by Crippen LogP contribution is -2.40. The molecule has 1 atom stereocenters. The maximum atomic E-state index is 12.1. The Morgan fingerprint density at radius 3 is 2.59 bits per heavy atom. The lowest BCUT2D eigenvalue weighted by molar-refractivity contribution is -0.0969. The van der Waals surface area contributed by atoms with Crippen molar-refractivity contribution in [3.63, 3.8) is 0 Å². The molecule has 0 aliphatic carbocycles. The molecule has 0 saturated carbocycles. The van der Waals surface area contributed by atoms with Crippen LogP contribution in [0.25, 0.3) is 0 Å². The van der Waals surface area contributed by atoms with Gasteiger partial charge in [-0.15, -0.1) is 0 Å². The summed E-state index contributed by atoms with van der Waals surface area (Å²) in [4.78, 5) is 20.3. The maximum absolute atomic E-state index is 12.1. The highest BCUT2D eigenvalue weighted by Crippen LogP contribution is 2.14. The first kappa shape index (κ1) is 27.2. The van der Waals surface area contributed by atoms with Gasteiger partial charge in [-0.3, -0.25) is 0 Å². The number of alkyl carbamates (subject to hydrolysis) is 1. The molecule has 0 fully saturated rings. The minimum atomic E-state index is -0.649. The molecule has 0 bridgehead atoms. The van der Waals surface area contributed by atoms with Crippen molar-refractivity contribution in [2.24, 2.45) is 0 Å².